The predicted molar refractivity (Wildman–Crippen MR) is 88.5 cm³/mol. The lowest BCUT2D eigenvalue weighted by Crippen LogP contribution is -2.38. The Hall–Kier alpha value is -1.65. The van der Waals surface area contributed by atoms with E-state index in [0.717, 1.165) is 22.7 Å². The van der Waals surface area contributed by atoms with Crippen LogP contribution in [0.4, 0.5) is 0 Å². The van der Waals surface area contributed by atoms with E-state index in [9.17, 15) is 0 Å². The van der Waals surface area contributed by atoms with E-state index in [4.69, 9.17) is 14.1 Å². The van der Waals surface area contributed by atoms with Crippen LogP contribution in [0.3, 0.4) is 0 Å². The normalized spacial score (nSPS) is 14.0. The van der Waals surface area contributed by atoms with Gasteiger partial charge in [0, 0.05) is 22.0 Å². The lowest BCUT2D eigenvalue weighted by atomic mass is 9.89. The molecule has 0 aliphatic rings. The molecule has 128 valence electrons. The molecule has 23 heavy (non-hydrogen) atoms. The summed E-state index contributed by atoms with van der Waals surface area (Å²) in [7, 11) is 0. The minimum atomic E-state index is -0.0542. The van der Waals surface area contributed by atoms with Gasteiger partial charge in [0.15, 0.2) is 5.69 Å². The van der Waals surface area contributed by atoms with Gasteiger partial charge >= 0.3 is 0 Å². The van der Waals surface area contributed by atoms with Crippen LogP contribution in [0.1, 0.15) is 95.9 Å². The number of rotatable bonds is 5. The van der Waals surface area contributed by atoms with Crippen LogP contribution in [0.25, 0.3) is 0 Å². The number of hydrogen-bond donors (Lipinski definition) is 0. The smallest absolute Gasteiger partial charge is 0.230 e. The van der Waals surface area contributed by atoms with Crippen molar-refractivity contribution in [3.05, 3.63) is 29.0 Å². The van der Waals surface area contributed by atoms with Crippen LogP contribution in [0.15, 0.2) is 15.3 Å². The fraction of sp³-hybridized carbons (Fsp3) is 0.722. The van der Waals surface area contributed by atoms with E-state index in [1.807, 2.05) is 0 Å². The maximum Gasteiger partial charge on any atom is 0.230 e. The van der Waals surface area contributed by atoms with Gasteiger partial charge in [-0.2, -0.15) is 0 Å². The van der Waals surface area contributed by atoms with Crippen molar-refractivity contribution in [3.63, 3.8) is 0 Å². The quantitative estimate of drug-likeness (QED) is 0.771. The Labute approximate surface area is 139 Å². The van der Waals surface area contributed by atoms with E-state index in [2.05, 4.69) is 60.5 Å². The van der Waals surface area contributed by atoms with Crippen LogP contribution in [-0.4, -0.2) is 10.3 Å². The Morgan fingerprint density at radius 2 is 1.65 bits per heavy atom. The first-order chi connectivity index (χ1) is 10.6. The summed E-state index contributed by atoms with van der Waals surface area (Å²) < 4.78 is 11.2. The summed E-state index contributed by atoms with van der Waals surface area (Å²) in [5, 5.41) is 8.83. The van der Waals surface area contributed by atoms with Crippen molar-refractivity contribution >= 4 is 0 Å². The summed E-state index contributed by atoms with van der Waals surface area (Å²) in [5.74, 6) is 1.88. The second-order valence-electron chi connectivity index (χ2n) is 8.06. The van der Waals surface area contributed by atoms with Crippen LogP contribution in [-0.2, 0) is 12.0 Å². The highest BCUT2D eigenvalue weighted by atomic mass is 16.5. The zero-order chi connectivity index (χ0) is 17.4. The van der Waals surface area contributed by atoms with Crippen LogP contribution in [0.5, 0.6) is 0 Å². The van der Waals surface area contributed by atoms with Crippen molar-refractivity contribution in [1.29, 1.82) is 0 Å². The van der Waals surface area contributed by atoms with E-state index in [0.29, 0.717) is 18.4 Å². The highest BCUT2D eigenvalue weighted by Crippen LogP contribution is 2.29. The molecular formula is C18H30N3O2+. The van der Waals surface area contributed by atoms with Crippen molar-refractivity contribution in [2.24, 2.45) is 0 Å². The average molecular weight is 320 g/mol. The van der Waals surface area contributed by atoms with E-state index < -0.39 is 0 Å². The molecule has 0 saturated carbocycles. The molecule has 2 aromatic rings. The van der Waals surface area contributed by atoms with Gasteiger partial charge in [-0.15, -0.1) is 0 Å². The lowest BCUT2D eigenvalue weighted by Gasteiger charge is -2.13. The molecule has 0 spiro atoms. The summed E-state index contributed by atoms with van der Waals surface area (Å²) in [6.07, 6.45) is 1.75. The molecule has 0 aliphatic heterocycles. The third-order valence-corrected chi connectivity index (χ3v) is 4.01. The topological polar surface area (TPSA) is 55.9 Å². The minimum Gasteiger partial charge on any atom is -0.364 e. The minimum absolute atomic E-state index is 0.0542. The van der Waals surface area contributed by atoms with Crippen LogP contribution < -0.4 is 4.85 Å². The Kier molecular flexibility index (Phi) is 4.97. The van der Waals surface area contributed by atoms with Gasteiger partial charge in [0.1, 0.15) is 6.26 Å². The largest absolute Gasteiger partial charge is 0.364 e. The number of aromatic nitrogens is 3. The number of nitrogens with zero attached hydrogens (tertiary/aromatic N) is 3. The predicted octanol–water partition coefficient (Wildman–Crippen LogP) is 4.30. The standard InChI is InChI=1S/C18H30N3O2/c1-11(2)15-14(10-22-20-15)13(5)9-21-19-16(12(3)4)17(23-21)18(6,7)8/h10-13H,9H2,1-8H3/q+1. The van der Waals surface area contributed by atoms with Crippen molar-refractivity contribution < 1.29 is 13.9 Å². The third-order valence-electron chi connectivity index (χ3n) is 4.01. The molecule has 0 aliphatic carbocycles. The second-order valence-corrected chi connectivity index (χ2v) is 8.06. The first-order valence-electron chi connectivity index (χ1n) is 8.47. The van der Waals surface area contributed by atoms with Gasteiger partial charge in [0.2, 0.25) is 12.3 Å². The van der Waals surface area contributed by atoms with Crippen molar-refractivity contribution in [3.8, 4) is 0 Å². The van der Waals surface area contributed by atoms with Crippen molar-refractivity contribution in [2.75, 3.05) is 0 Å². The van der Waals surface area contributed by atoms with Gasteiger partial charge in [0.25, 0.3) is 0 Å². The maximum absolute atomic E-state index is 6.06. The highest BCUT2D eigenvalue weighted by molar-refractivity contribution is 5.21. The summed E-state index contributed by atoms with van der Waals surface area (Å²) >= 11 is 0. The Morgan fingerprint density at radius 3 is 2.13 bits per heavy atom. The summed E-state index contributed by atoms with van der Waals surface area (Å²) in [5.41, 5.74) is 3.14. The zero-order valence-electron chi connectivity index (χ0n) is 15.7. The van der Waals surface area contributed by atoms with Gasteiger partial charge in [-0.3, -0.25) is 0 Å². The molecule has 2 aromatic heterocycles. The van der Waals surface area contributed by atoms with E-state index in [1.54, 1.807) is 11.1 Å². The molecule has 5 heteroatoms. The lowest BCUT2D eigenvalue weighted by molar-refractivity contribution is -0.911. The molecule has 2 rings (SSSR count). The summed E-state index contributed by atoms with van der Waals surface area (Å²) in [4.78, 5) is 1.72. The summed E-state index contributed by atoms with van der Waals surface area (Å²) in [6, 6.07) is 0. The molecule has 2 heterocycles. The van der Waals surface area contributed by atoms with Gasteiger partial charge in [0.05, 0.1) is 16.5 Å². The SMILES string of the molecule is CC(C)c1nocc1C(C)C[n+]1nc(C(C)C)c(C(C)(C)C)o1. The monoisotopic (exact) mass is 320 g/mol. The van der Waals surface area contributed by atoms with E-state index in [-0.39, 0.29) is 11.3 Å². The maximum atomic E-state index is 6.06. The van der Waals surface area contributed by atoms with Gasteiger partial charge in [-0.1, -0.05) is 60.5 Å². The van der Waals surface area contributed by atoms with Gasteiger partial charge in [-0.25, -0.2) is 4.52 Å². The molecule has 0 N–H and O–H groups in total. The van der Waals surface area contributed by atoms with Crippen molar-refractivity contribution in [2.45, 2.75) is 85.1 Å². The van der Waals surface area contributed by atoms with Gasteiger partial charge < -0.3 is 4.52 Å². The molecule has 0 bridgehead atoms. The zero-order valence-corrected chi connectivity index (χ0v) is 15.7. The first-order valence-corrected chi connectivity index (χ1v) is 8.47. The van der Waals surface area contributed by atoms with Crippen LogP contribution in [0, 0.1) is 0 Å². The Morgan fingerprint density at radius 1 is 1.04 bits per heavy atom. The molecule has 0 amide bonds. The fourth-order valence-electron chi connectivity index (χ4n) is 2.71. The van der Waals surface area contributed by atoms with Crippen LogP contribution in [0.2, 0.25) is 0 Å². The molecule has 5 nitrogen and oxygen atoms in total. The molecule has 0 fully saturated rings. The Bertz CT molecular complexity index is 648. The average Bonchev–Trinajstić information content (AvgIpc) is 3.03. The van der Waals surface area contributed by atoms with E-state index in [1.165, 1.54) is 0 Å². The first kappa shape index (κ1) is 17.7. The third kappa shape index (κ3) is 3.82. The number of hydrogen-bond acceptors (Lipinski definition) is 4. The molecule has 0 aromatic carbocycles. The molecule has 0 radical (unpaired) electrons. The molecule has 1 atom stereocenters. The molecule has 0 saturated heterocycles. The molecule has 1 unspecified atom stereocenters. The Balaban J connectivity index is 2.28. The van der Waals surface area contributed by atoms with E-state index >= 15 is 0 Å². The van der Waals surface area contributed by atoms with Crippen LogP contribution >= 0.6 is 0 Å². The van der Waals surface area contributed by atoms with Crippen molar-refractivity contribution in [1.82, 2.24) is 10.3 Å². The van der Waals surface area contributed by atoms with Gasteiger partial charge in [-0.05, 0) is 5.92 Å². The fourth-order valence-corrected chi connectivity index (χ4v) is 2.71. The summed E-state index contributed by atoms with van der Waals surface area (Å²) in [6.45, 7) is 17.9. The highest BCUT2D eigenvalue weighted by Gasteiger charge is 2.33. The molecular weight excluding hydrogens is 290 g/mol. The second kappa shape index (κ2) is 6.46.